The minimum atomic E-state index is -1.00. The van der Waals surface area contributed by atoms with Gasteiger partial charge in [0.05, 0.1) is 0 Å². The van der Waals surface area contributed by atoms with Crippen LogP contribution in [0.2, 0.25) is 0 Å². The minimum absolute atomic E-state index is 0.175. The van der Waals surface area contributed by atoms with Gasteiger partial charge in [0, 0.05) is 6.42 Å². The number of hydrogen-bond donors (Lipinski definition) is 2. The Morgan fingerprint density at radius 1 is 1.20 bits per heavy atom. The summed E-state index contributed by atoms with van der Waals surface area (Å²) in [5.41, 5.74) is 0.303. The first-order chi connectivity index (χ1) is 6.81. The first kappa shape index (κ1) is 13.9. The van der Waals surface area contributed by atoms with E-state index in [0.29, 0.717) is 11.8 Å². The third-order valence-electron chi connectivity index (χ3n) is 2.02. The van der Waals surface area contributed by atoms with Crippen molar-refractivity contribution >= 4 is 11.9 Å². The van der Waals surface area contributed by atoms with E-state index in [-0.39, 0.29) is 12.5 Å². The lowest BCUT2D eigenvalue weighted by molar-refractivity contribution is -0.137. The molecule has 1 amide bonds. The average Bonchev–Trinajstić information content (AvgIpc) is 2.07. The standard InChI is InChI=1S/C11H21NO3/c1-11(2,3)7-5-4-6-9(13)12-8-10(14)15/h4-8H2,1-3H3,(H,12,13)(H,14,15). The lowest BCUT2D eigenvalue weighted by atomic mass is 9.89. The number of carboxylic acids is 1. The molecule has 0 bridgehead atoms. The van der Waals surface area contributed by atoms with Gasteiger partial charge in [-0.3, -0.25) is 9.59 Å². The van der Waals surface area contributed by atoms with Crippen molar-refractivity contribution in [3.8, 4) is 0 Å². The van der Waals surface area contributed by atoms with Crippen molar-refractivity contribution in [2.24, 2.45) is 5.41 Å². The second-order valence-electron chi connectivity index (χ2n) is 4.94. The van der Waals surface area contributed by atoms with Crippen LogP contribution in [0.4, 0.5) is 0 Å². The predicted octanol–water partition coefficient (Wildman–Crippen LogP) is 1.79. The van der Waals surface area contributed by atoms with E-state index in [4.69, 9.17) is 5.11 Å². The van der Waals surface area contributed by atoms with Gasteiger partial charge in [0.15, 0.2) is 0 Å². The largest absolute Gasteiger partial charge is 0.480 e. The highest BCUT2D eigenvalue weighted by atomic mass is 16.4. The van der Waals surface area contributed by atoms with Gasteiger partial charge in [0.1, 0.15) is 6.54 Å². The number of amides is 1. The van der Waals surface area contributed by atoms with Crippen LogP contribution in [0.3, 0.4) is 0 Å². The van der Waals surface area contributed by atoms with E-state index in [1.807, 2.05) is 0 Å². The van der Waals surface area contributed by atoms with Crippen LogP contribution in [0.15, 0.2) is 0 Å². The molecule has 0 saturated heterocycles. The maximum Gasteiger partial charge on any atom is 0.322 e. The third-order valence-corrected chi connectivity index (χ3v) is 2.02. The maximum absolute atomic E-state index is 11.1. The Labute approximate surface area is 91.1 Å². The summed E-state index contributed by atoms with van der Waals surface area (Å²) in [6.07, 6.45) is 3.33. The highest BCUT2D eigenvalue weighted by Crippen LogP contribution is 2.21. The van der Waals surface area contributed by atoms with E-state index < -0.39 is 5.97 Å². The number of aliphatic carboxylic acids is 1. The van der Waals surface area contributed by atoms with Gasteiger partial charge >= 0.3 is 5.97 Å². The van der Waals surface area contributed by atoms with Crippen LogP contribution in [0.25, 0.3) is 0 Å². The molecule has 15 heavy (non-hydrogen) atoms. The van der Waals surface area contributed by atoms with Crippen molar-refractivity contribution in [3.05, 3.63) is 0 Å². The minimum Gasteiger partial charge on any atom is -0.480 e. The molecule has 0 aliphatic heterocycles. The van der Waals surface area contributed by atoms with Crippen LogP contribution in [0.1, 0.15) is 46.5 Å². The number of rotatable bonds is 6. The van der Waals surface area contributed by atoms with E-state index in [9.17, 15) is 9.59 Å². The SMILES string of the molecule is CC(C)(C)CCCCC(=O)NCC(=O)O. The van der Waals surface area contributed by atoms with E-state index in [1.165, 1.54) is 0 Å². The Bertz CT molecular complexity index is 218. The second kappa shape index (κ2) is 6.43. The zero-order valence-electron chi connectivity index (χ0n) is 9.80. The molecule has 0 spiro atoms. The molecule has 0 aromatic heterocycles. The number of nitrogens with one attached hydrogen (secondary N) is 1. The lowest BCUT2D eigenvalue weighted by Crippen LogP contribution is -2.28. The summed E-state index contributed by atoms with van der Waals surface area (Å²) in [4.78, 5) is 21.2. The molecule has 88 valence electrons. The van der Waals surface area contributed by atoms with Crippen LogP contribution in [0, 0.1) is 5.41 Å². The van der Waals surface area contributed by atoms with Crippen molar-refractivity contribution in [3.63, 3.8) is 0 Å². The summed E-state index contributed by atoms with van der Waals surface area (Å²) in [5, 5.41) is 10.7. The highest BCUT2D eigenvalue weighted by molar-refractivity contribution is 5.80. The number of carbonyl (C=O) groups is 2. The molecule has 0 aliphatic carbocycles. The fourth-order valence-corrected chi connectivity index (χ4v) is 1.20. The number of hydrogen-bond acceptors (Lipinski definition) is 2. The van der Waals surface area contributed by atoms with Gasteiger partial charge in [0.25, 0.3) is 0 Å². The van der Waals surface area contributed by atoms with Crippen molar-refractivity contribution in [2.45, 2.75) is 46.5 Å². The summed E-state index contributed by atoms with van der Waals surface area (Å²) < 4.78 is 0. The van der Waals surface area contributed by atoms with Gasteiger partial charge < -0.3 is 10.4 Å². The third kappa shape index (κ3) is 10.9. The Morgan fingerprint density at radius 2 is 1.80 bits per heavy atom. The van der Waals surface area contributed by atoms with Crippen LogP contribution in [0.5, 0.6) is 0 Å². The summed E-state index contributed by atoms with van der Waals surface area (Å²) >= 11 is 0. The molecule has 4 nitrogen and oxygen atoms in total. The fourth-order valence-electron chi connectivity index (χ4n) is 1.20. The molecule has 0 atom stereocenters. The number of carbonyl (C=O) groups excluding carboxylic acids is 1. The van der Waals surface area contributed by atoms with Crippen molar-refractivity contribution in [1.29, 1.82) is 0 Å². The van der Waals surface area contributed by atoms with Gasteiger partial charge in [-0.05, 0) is 18.3 Å². The van der Waals surface area contributed by atoms with Gasteiger partial charge in [-0.15, -0.1) is 0 Å². The first-order valence-electron chi connectivity index (χ1n) is 5.30. The zero-order chi connectivity index (χ0) is 11.9. The Kier molecular flexibility index (Phi) is 5.97. The van der Waals surface area contributed by atoms with E-state index in [0.717, 1.165) is 19.3 Å². The Morgan fingerprint density at radius 3 is 2.27 bits per heavy atom. The summed E-state index contributed by atoms with van der Waals surface area (Å²) in [5.74, 6) is -1.18. The van der Waals surface area contributed by atoms with Crippen LogP contribution >= 0.6 is 0 Å². The molecular weight excluding hydrogens is 194 g/mol. The van der Waals surface area contributed by atoms with E-state index >= 15 is 0 Å². The number of unbranched alkanes of at least 4 members (excludes halogenated alkanes) is 1. The topological polar surface area (TPSA) is 66.4 Å². The van der Waals surface area contributed by atoms with Gasteiger partial charge in [-0.1, -0.05) is 27.2 Å². The van der Waals surface area contributed by atoms with Crippen LogP contribution in [-0.2, 0) is 9.59 Å². The van der Waals surface area contributed by atoms with Crippen molar-refractivity contribution in [1.82, 2.24) is 5.32 Å². The lowest BCUT2D eigenvalue weighted by Gasteiger charge is -2.17. The van der Waals surface area contributed by atoms with Gasteiger partial charge in [-0.25, -0.2) is 0 Å². The molecule has 0 fully saturated rings. The molecular formula is C11H21NO3. The fraction of sp³-hybridized carbons (Fsp3) is 0.818. The maximum atomic E-state index is 11.1. The average molecular weight is 215 g/mol. The first-order valence-corrected chi connectivity index (χ1v) is 5.30. The molecule has 0 unspecified atom stereocenters. The van der Waals surface area contributed by atoms with Gasteiger partial charge in [-0.2, -0.15) is 0 Å². The Hall–Kier alpha value is -1.06. The highest BCUT2D eigenvalue weighted by Gasteiger charge is 2.10. The van der Waals surface area contributed by atoms with Crippen molar-refractivity contribution < 1.29 is 14.7 Å². The molecule has 0 rings (SSSR count). The monoisotopic (exact) mass is 215 g/mol. The number of carboxylic acid groups (broad SMARTS) is 1. The smallest absolute Gasteiger partial charge is 0.322 e. The molecule has 0 saturated carbocycles. The normalized spacial score (nSPS) is 11.1. The van der Waals surface area contributed by atoms with Crippen LogP contribution in [-0.4, -0.2) is 23.5 Å². The van der Waals surface area contributed by atoms with Crippen LogP contribution < -0.4 is 5.32 Å². The molecule has 0 aromatic rings. The van der Waals surface area contributed by atoms with Gasteiger partial charge in [0.2, 0.25) is 5.91 Å². The molecule has 4 heteroatoms. The van der Waals surface area contributed by atoms with E-state index in [2.05, 4.69) is 26.1 Å². The van der Waals surface area contributed by atoms with Crippen molar-refractivity contribution in [2.75, 3.05) is 6.54 Å². The molecule has 0 radical (unpaired) electrons. The second-order valence-corrected chi connectivity index (χ2v) is 4.94. The molecule has 0 aromatic carbocycles. The molecule has 2 N–H and O–H groups in total. The molecule has 0 heterocycles. The summed E-state index contributed by atoms with van der Waals surface area (Å²) in [7, 11) is 0. The van der Waals surface area contributed by atoms with E-state index in [1.54, 1.807) is 0 Å². The Balaban J connectivity index is 3.44. The predicted molar refractivity (Wildman–Crippen MR) is 58.6 cm³/mol. The summed E-state index contributed by atoms with van der Waals surface area (Å²) in [6.45, 7) is 6.21. The quantitative estimate of drug-likeness (QED) is 0.664. The zero-order valence-corrected chi connectivity index (χ0v) is 9.80. The summed E-state index contributed by atoms with van der Waals surface area (Å²) in [6, 6.07) is 0. The molecule has 0 aliphatic rings.